The van der Waals surface area contributed by atoms with E-state index in [-0.39, 0.29) is 27.1 Å². The lowest BCUT2D eigenvalue weighted by molar-refractivity contribution is -0.104. The molecular formula is C24H40FN5O3Si2. The Morgan fingerprint density at radius 1 is 1.29 bits per heavy atom. The average molecular weight is 524 g/mol. The number of fused-ring (bicyclic) bond motifs is 1. The number of anilines is 1. The van der Waals surface area contributed by atoms with E-state index >= 15 is 0 Å². The second-order valence-electron chi connectivity index (χ2n) is 12.4. The van der Waals surface area contributed by atoms with Crippen molar-refractivity contribution in [2.45, 2.75) is 108 Å². The first kappa shape index (κ1) is 24.8. The molecule has 11 heteroatoms. The highest BCUT2D eigenvalue weighted by atomic mass is 28.4. The van der Waals surface area contributed by atoms with Crippen molar-refractivity contribution >= 4 is 33.4 Å². The van der Waals surface area contributed by atoms with Crippen LogP contribution in [0.3, 0.4) is 0 Å². The van der Waals surface area contributed by atoms with Crippen LogP contribution in [0, 0.1) is 18.4 Å². The van der Waals surface area contributed by atoms with E-state index in [1.165, 1.54) is 10.9 Å². The van der Waals surface area contributed by atoms with Crippen molar-refractivity contribution in [1.29, 1.82) is 0 Å². The van der Waals surface area contributed by atoms with Gasteiger partial charge in [0.2, 0.25) is 0 Å². The highest BCUT2D eigenvalue weighted by molar-refractivity contribution is 6.81. The van der Waals surface area contributed by atoms with E-state index in [9.17, 15) is 12.2 Å². The van der Waals surface area contributed by atoms with Gasteiger partial charge in [0.15, 0.2) is 30.9 Å². The summed E-state index contributed by atoms with van der Waals surface area (Å²) in [6.45, 7) is 20.2. The fourth-order valence-electron chi connectivity index (χ4n) is 3.69. The molecule has 2 aromatic rings. The summed E-state index contributed by atoms with van der Waals surface area (Å²) >= 11 is 0. The monoisotopic (exact) mass is 523 g/mol. The molecule has 3 heterocycles. The third kappa shape index (κ3) is 4.55. The lowest BCUT2D eigenvalue weighted by Crippen LogP contribution is -2.65. The van der Waals surface area contributed by atoms with E-state index in [1.54, 1.807) is 0 Å². The normalized spacial score (nSPS) is 27.4. The summed E-state index contributed by atoms with van der Waals surface area (Å²) in [7, 11) is -5.29. The smallest absolute Gasteiger partial charge is 0.312 e. The second kappa shape index (κ2) is 8.62. The first-order chi connectivity index (χ1) is 16.5. The molecule has 0 radical (unpaired) electrons. The molecule has 3 N–H and O–H groups in total. The molecule has 0 saturated carbocycles. The van der Waals surface area contributed by atoms with E-state index in [2.05, 4.69) is 20.9 Å². The van der Waals surface area contributed by atoms with Crippen molar-refractivity contribution in [1.82, 2.24) is 19.5 Å². The largest absolute Gasteiger partial charge is 0.410 e. The van der Waals surface area contributed by atoms with Gasteiger partial charge in [0.25, 0.3) is 0 Å². The van der Waals surface area contributed by atoms with Crippen LogP contribution in [0.15, 0.2) is 6.33 Å². The van der Waals surface area contributed by atoms with Crippen LogP contribution in [0.25, 0.3) is 11.2 Å². The molecule has 194 valence electrons. The third-order valence-electron chi connectivity index (χ3n) is 8.13. The quantitative estimate of drug-likeness (QED) is 0.334. The van der Waals surface area contributed by atoms with E-state index in [0.29, 0.717) is 0 Å². The molecule has 1 aliphatic heterocycles. The molecular weight excluding hydrogens is 481 g/mol. The lowest BCUT2D eigenvalue weighted by atomic mass is 9.98. The van der Waals surface area contributed by atoms with E-state index in [0.717, 1.165) is 0 Å². The summed E-state index contributed by atoms with van der Waals surface area (Å²) in [5.41, 5.74) is 2.87. The SMILES string of the molecule is [2H]C1([2H])[C@H](n2cnc3c(N)nc(F)nc32)O[C@@](C#C)(C(O)[Si](C)(C)C(C)(C)C)[C@H]1O[Si](C)(C)C(C)(C)C. The number of ether oxygens (including phenoxy) is 1. The Morgan fingerprint density at radius 2 is 1.89 bits per heavy atom. The Bertz CT molecular complexity index is 1240. The molecule has 4 atom stereocenters. The summed E-state index contributed by atoms with van der Waals surface area (Å²) in [5, 5.41) is 11.4. The molecule has 1 saturated heterocycles. The Morgan fingerprint density at radius 3 is 2.40 bits per heavy atom. The summed E-state index contributed by atoms with van der Waals surface area (Å²) in [6.07, 6.45) is 1.31. The maximum absolute atomic E-state index is 14.1. The van der Waals surface area contributed by atoms with Crippen LogP contribution in [0.5, 0.6) is 0 Å². The number of aliphatic hydroxyl groups excluding tert-OH is 1. The third-order valence-corrected chi connectivity index (χ3v) is 18.2. The highest BCUT2D eigenvalue weighted by Crippen LogP contribution is 2.50. The molecule has 1 unspecified atom stereocenters. The molecule has 8 nitrogen and oxygen atoms in total. The van der Waals surface area contributed by atoms with Crippen LogP contribution < -0.4 is 5.73 Å². The molecule has 0 bridgehead atoms. The van der Waals surface area contributed by atoms with Crippen LogP contribution >= 0.6 is 0 Å². The van der Waals surface area contributed by atoms with Crippen LogP contribution in [0.4, 0.5) is 10.2 Å². The zero-order valence-electron chi connectivity index (χ0n) is 24.4. The predicted molar refractivity (Wildman–Crippen MR) is 141 cm³/mol. The van der Waals surface area contributed by atoms with Gasteiger partial charge >= 0.3 is 6.08 Å². The molecule has 0 spiro atoms. The number of hydrogen-bond donors (Lipinski definition) is 2. The number of nitrogens with zero attached hydrogens (tertiary/aromatic N) is 4. The lowest BCUT2D eigenvalue weighted by Gasteiger charge is -2.49. The Kier molecular flexibility index (Phi) is 6.12. The predicted octanol–water partition coefficient (Wildman–Crippen LogP) is 4.64. The van der Waals surface area contributed by atoms with Gasteiger partial charge in [-0.25, -0.2) is 4.98 Å². The summed E-state index contributed by atoms with van der Waals surface area (Å²) in [4.78, 5) is 11.5. The molecule has 3 rings (SSSR count). The minimum atomic E-state index is -2.65. The number of aromatic nitrogens is 4. The Hall–Kier alpha value is -1.85. The van der Waals surface area contributed by atoms with Gasteiger partial charge < -0.3 is 20.0 Å². The Labute approximate surface area is 212 Å². The number of terminal acetylenes is 1. The van der Waals surface area contributed by atoms with Gasteiger partial charge in [-0.15, -0.1) is 6.42 Å². The van der Waals surface area contributed by atoms with Crippen LogP contribution in [0.2, 0.25) is 36.3 Å². The van der Waals surface area contributed by atoms with Crippen molar-refractivity contribution in [2.75, 3.05) is 5.73 Å². The fraction of sp³-hybridized carbons (Fsp3) is 0.708. The number of rotatable bonds is 5. The number of aliphatic hydroxyl groups is 1. The average Bonchev–Trinajstić information content (AvgIpc) is 3.23. The summed E-state index contributed by atoms with van der Waals surface area (Å²) in [5.74, 6) is 2.47. The van der Waals surface area contributed by atoms with Crippen LogP contribution in [-0.4, -0.2) is 58.4 Å². The van der Waals surface area contributed by atoms with Gasteiger partial charge in [0, 0.05) is 9.11 Å². The van der Waals surface area contributed by atoms with Gasteiger partial charge in [-0.05, 0) is 23.2 Å². The van der Waals surface area contributed by atoms with Crippen molar-refractivity contribution < 1.29 is 21.4 Å². The van der Waals surface area contributed by atoms with Gasteiger partial charge in [-0.1, -0.05) is 60.6 Å². The molecule has 35 heavy (non-hydrogen) atoms. The number of hydrogen-bond acceptors (Lipinski definition) is 7. The number of halogens is 1. The number of nitrogen functional groups attached to an aromatic ring is 1. The number of imidazole rings is 1. The summed E-state index contributed by atoms with van der Waals surface area (Å²) < 4.78 is 47.1. The maximum Gasteiger partial charge on any atom is 0.312 e. The first-order valence-corrected chi connectivity index (χ1v) is 17.7. The maximum atomic E-state index is 14.1. The van der Waals surface area contributed by atoms with Crippen molar-refractivity contribution in [3.05, 3.63) is 12.4 Å². The molecule has 1 aliphatic rings. The van der Waals surface area contributed by atoms with Crippen molar-refractivity contribution in [3.63, 3.8) is 0 Å². The zero-order chi connectivity index (χ0) is 28.6. The van der Waals surface area contributed by atoms with E-state index in [1.807, 2.05) is 67.7 Å². The molecule has 0 aromatic carbocycles. The Balaban J connectivity index is 2.30. The van der Waals surface area contributed by atoms with Gasteiger partial charge in [-0.2, -0.15) is 14.4 Å². The molecule has 1 fully saturated rings. The van der Waals surface area contributed by atoms with Crippen LogP contribution in [0.1, 0.15) is 56.9 Å². The van der Waals surface area contributed by atoms with Gasteiger partial charge in [-0.3, -0.25) is 4.57 Å². The molecule has 0 amide bonds. The minimum Gasteiger partial charge on any atom is -0.410 e. The topological polar surface area (TPSA) is 108 Å². The van der Waals surface area contributed by atoms with Gasteiger partial charge in [0.1, 0.15) is 6.23 Å². The zero-order valence-corrected chi connectivity index (χ0v) is 24.4. The van der Waals surface area contributed by atoms with Crippen molar-refractivity contribution in [3.8, 4) is 12.3 Å². The van der Waals surface area contributed by atoms with E-state index in [4.69, 9.17) is 21.3 Å². The molecule has 2 aromatic heterocycles. The summed E-state index contributed by atoms with van der Waals surface area (Å²) in [6, 6.07) is 0. The number of nitrogens with two attached hydrogens (primary N) is 1. The fourth-order valence-corrected chi connectivity index (χ4v) is 7.07. The van der Waals surface area contributed by atoms with Crippen LogP contribution in [-0.2, 0) is 9.16 Å². The highest BCUT2D eigenvalue weighted by Gasteiger charge is 2.62. The first-order valence-electron chi connectivity index (χ1n) is 12.7. The minimum absolute atomic E-state index is 0.0420. The molecule has 0 aliphatic carbocycles. The van der Waals surface area contributed by atoms with E-state index < -0.39 is 52.5 Å². The van der Waals surface area contributed by atoms with Crippen molar-refractivity contribution in [2.24, 2.45) is 0 Å². The standard InChI is InChI=1S/C24H40FN5O3Si2/c1-12-24(20(31)34(8,9)22(2,3)4)15(33-35(10,11)23(5,6)7)13-16(32-24)30-14-27-17-18(26)28-21(25)29-19(17)30/h1,14-16,20,31H,13H2,2-11H3,(H2,26,28,29)/t15-,16+,20?,24+/m0/s1/i13D2. The van der Waals surface area contributed by atoms with Gasteiger partial charge in [0.05, 0.1) is 26.2 Å². The second-order valence-corrected chi connectivity index (χ2v) is 22.7.